The molecule has 0 saturated carbocycles. The summed E-state index contributed by atoms with van der Waals surface area (Å²) in [6.45, 7) is 5.20. The average molecular weight is 422 g/mol. The lowest BCUT2D eigenvalue weighted by Crippen LogP contribution is -2.25. The van der Waals surface area contributed by atoms with Crippen molar-refractivity contribution >= 4 is 15.9 Å². The van der Waals surface area contributed by atoms with Gasteiger partial charge in [0.25, 0.3) is 0 Å². The molecule has 1 aromatic heterocycles. The van der Waals surface area contributed by atoms with Crippen LogP contribution < -0.4 is 5.32 Å². The number of aromatic nitrogens is 2. The van der Waals surface area contributed by atoms with Gasteiger partial charge >= 0.3 is 0 Å². The van der Waals surface area contributed by atoms with E-state index >= 15 is 0 Å². The second-order valence-corrected chi connectivity index (χ2v) is 8.09. The molecule has 0 aliphatic heterocycles. The quantitative estimate of drug-likeness (QED) is 0.554. The Balaban J connectivity index is 1.49. The highest BCUT2D eigenvalue weighted by Gasteiger charge is 2.26. The fraction of sp³-hybridized carbons (Fsp3) is 0.261. The number of hydrogen-bond acceptors (Lipinski definition) is 2. The summed E-state index contributed by atoms with van der Waals surface area (Å²) < 4.78 is 3.13. The van der Waals surface area contributed by atoms with E-state index in [4.69, 9.17) is 5.10 Å². The van der Waals surface area contributed by atoms with Crippen LogP contribution in [0.3, 0.4) is 0 Å². The Morgan fingerprint density at radius 3 is 2.67 bits per heavy atom. The summed E-state index contributed by atoms with van der Waals surface area (Å²) in [4.78, 5) is 0. The van der Waals surface area contributed by atoms with Crippen LogP contribution in [0.5, 0.6) is 0 Å². The van der Waals surface area contributed by atoms with E-state index in [9.17, 15) is 0 Å². The minimum Gasteiger partial charge on any atom is -0.306 e. The summed E-state index contributed by atoms with van der Waals surface area (Å²) in [5.41, 5.74) is 6.12. The van der Waals surface area contributed by atoms with Crippen LogP contribution in [0, 0.1) is 13.8 Å². The van der Waals surface area contributed by atoms with Gasteiger partial charge in [-0.25, -0.2) is 4.68 Å². The molecular weight excluding hydrogens is 398 g/mol. The number of rotatable bonds is 5. The summed E-state index contributed by atoms with van der Waals surface area (Å²) in [5.74, 6) is 0.416. The summed E-state index contributed by atoms with van der Waals surface area (Å²) in [6, 6.07) is 19.3. The molecular formula is C23H24BrN3. The van der Waals surface area contributed by atoms with E-state index in [1.807, 2.05) is 6.07 Å². The molecule has 4 heteroatoms. The molecule has 1 aliphatic rings. The third kappa shape index (κ3) is 3.92. The number of aryl methyl sites for hydroxylation is 1. The Kier molecular flexibility index (Phi) is 5.28. The number of halogens is 1. The topological polar surface area (TPSA) is 29.9 Å². The van der Waals surface area contributed by atoms with E-state index in [1.54, 1.807) is 0 Å². The fourth-order valence-electron chi connectivity index (χ4n) is 3.96. The van der Waals surface area contributed by atoms with E-state index in [-0.39, 0.29) is 0 Å². The van der Waals surface area contributed by atoms with Gasteiger partial charge in [0.05, 0.1) is 11.4 Å². The summed E-state index contributed by atoms with van der Waals surface area (Å²) in [6.07, 6.45) is 5.73. The van der Waals surface area contributed by atoms with Gasteiger partial charge in [-0.1, -0.05) is 64.5 Å². The van der Waals surface area contributed by atoms with E-state index in [0.29, 0.717) is 12.0 Å². The molecule has 0 bridgehead atoms. The minimum atomic E-state index is 0.406. The molecule has 0 fully saturated rings. The number of allylic oxidation sites excluding steroid dienone is 1. The maximum absolute atomic E-state index is 4.83. The standard InChI is InChI=1S/C23H24BrN3/c1-16-23(17(2)27(26-16)22-10-6-9-20(24)14-22)19-11-12-21(13-19)25-15-18-7-4-3-5-8-18/h3-12,14,19,21,25H,13,15H2,1-2H3. The molecule has 3 nitrogen and oxygen atoms in total. The van der Waals surface area contributed by atoms with Gasteiger partial charge in [0.2, 0.25) is 0 Å². The number of nitrogens with zero attached hydrogens (tertiary/aromatic N) is 2. The molecule has 2 aromatic carbocycles. The lowest BCUT2D eigenvalue weighted by atomic mass is 9.96. The van der Waals surface area contributed by atoms with Gasteiger partial charge < -0.3 is 5.32 Å². The van der Waals surface area contributed by atoms with Crippen LogP contribution in [0.4, 0.5) is 0 Å². The SMILES string of the molecule is Cc1nn(-c2cccc(Br)c2)c(C)c1C1C=CC(NCc2ccccc2)C1. The highest BCUT2D eigenvalue weighted by Crippen LogP contribution is 2.34. The van der Waals surface area contributed by atoms with E-state index in [0.717, 1.165) is 28.8 Å². The van der Waals surface area contributed by atoms with Crippen LogP contribution in [0.2, 0.25) is 0 Å². The van der Waals surface area contributed by atoms with Crippen LogP contribution in [0.25, 0.3) is 5.69 Å². The highest BCUT2D eigenvalue weighted by atomic mass is 79.9. The van der Waals surface area contributed by atoms with Gasteiger partial charge in [-0.15, -0.1) is 0 Å². The van der Waals surface area contributed by atoms with Crippen molar-refractivity contribution < 1.29 is 0 Å². The predicted octanol–water partition coefficient (Wildman–Crippen LogP) is 5.45. The van der Waals surface area contributed by atoms with Crippen molar-refractivity contribution in [1.82, 2.24) is 15.1 Å². The van der Waals surface area contributed by atoms with Gasteiger partial charge in [0.15, 0.2) is 0 Å². The number of nitrogens with one attached hydrogen (secondary N) is 1. The van der Waals surface area contributed by atoms with E-state index < -0.39 is 0 Å². The molecule has 0 amide bonds. The largest absolute Gasteiger partial charge is 0.306 e. The van der Waals surface area contributed by atoms with Crippen LogP contribution in [-0.4, -0.2) is 15.8 Å². The van der Waals surface area contributed by atoms with E-state index in [1.165, 1.54) is 16.8 Å². The van der Waals surface area contributed by atoms with Crippen LogP contribution in [0.15, 0.2) is 71.2 Å². The zero-order valence-electron chi connectivity index (χ0n) is 15.7. The monoisotopic (exact) mass is 421 g/mol. The maximum Gasteiger partial charge on any atom is 0.0660 e. The third-order valence-corrected chi connectivity index (χ3v) is 5.76. The van der Waals surface area contributed by atoms with Gasteiger partial charge in [-0.2, -0.15) is 5.10 Å². The zero-order chi connectivity index (χ0) is 18.8. The normalized spacial score (nSPS) is 18.9. The molecule has 27 heavy (non-hydrogen) atoms. The molecule has 4 rings (SSSR count). The molecule has 1 N–H and O–H groups in total. The van der Waals surface area contributed by atoms with Crippen molar-refractivity contribution in [3.63, 3.8) is 0 Å². The van der Waals surface area contributed by atoms with Crippen molar-refractivity contribution in [2.75, 3.05) is 0 Å². The van der Waals surface area contributed by atoms with Gasteiger partial charge in [0, 0.05) is 34.2 Å². The van der Waals surface area contributed by atoms with Crippen molar-refractivity contribution in [3.8, 4) is 5.69 Å². The Morgan fingerprint density at radius 2 is 1.89 bits per heavy atom. The Morgan fingerprint density at radius 1 is 1.07 bits per heavy atom. The summed E-state index contributed by atoms with van der Waals surface area (Å²) in [7, 11) is 0. The molecule has 0 saturated heterocycles. The first kappa shape index (κ1) is 18.2. The summed E-state index contributed by atoms with van der Waals surface area (Å²) >= 11 is 3.56. The van der Waals surface area contributed by atoms with Crippen molar-refractivity contribution in [3.05, 3.63) is 93.7 Å². The maximum atomic E-state index is 4.83. The first-order valence-electron chi connectivity index (χ1n) is 9.39. The van der Waals surface area contributed by atoms with Gasteiger partial charge in [0.1, 0.15) is 0 Å². The Bertz CT molecular complexity index is 959. The number of hydrogen-bond donors (Lipinski definition) is 1. The van der Waals surface area contributed by atoms with Crippen LogP contribution in [0.1, 0.15) is 34.9 Å². The zero-order valence-corrected chi connectivity index (χ0v) is 17.3. The molecule has 0 radical (unpaired) electrons. The molecule has 1 aliphatic carbocycles. The lowest BCUT2D eigenvalue weighted by Gasteiger charge is -2.15. The third-order valence-electron chi connectivity index (χ3n) is 5.27. The van der Waals surface area contributed by atoms with Crippen LogP contribution in [-0.2, 0) is 6.54 Å². The van der Waals surface area contributed by atoms with Crippen molar-refractivity contribution in [2.24, 2.45) is 0 Å². The molecule has 3 aromatic rings. The predicted molar refractivity (Wildman–Crippen MR) is 114 cm³/mol. The Hall–Kier alpha value is -2.17. The summed E-state index contributed by atoms with van der Waals surface area (Å²) in [5, 5.41) is 8.49. The van der Waals surface area contributed by atoms with Gasteiger partial charge in [-0.05, 0) is 44.0 Å². The average Bonchev–Trinajstić information content (AvgIpc) is 3.25. The smallest absolute Gasteiger partial charge is 0.0660 e. The lowest BCUT2D eigenvalue weighted by molar-refractivity contribution is 0.559. The number of benzene rings is 2. The van der Waals surface area contributed by atoms with Crippen LogP contribution >= 0.6 is 15.9 Å². The molecule has 1 heterocycles. The minimum absolute atomic E-state index is 0.406. The second-order valence-electron chi connectivity index (χ2n) is 7.18. The molecule has 2 unspecified atom stereocenters. The molecule has 0 spiro atoms. The van der Waals surface area contributed by atoms with Crippen molar-refractivity contribution in [2.45, 2.75) is 38.8 Å². The second kappa shape index (κ2) is 7.83. The molecule has 2 atom stereocenters. The highest BCUT2D eigenvalue weighted by molar-refractivity contribution is 9.10. The first-order chi connectivity index (χ1) is 13.1. The first-order valence-corrected chi connectivity index (χ1v) is 10.2. The van der Waals surface area contributed by atoms with E-state index in [2.05, 4.69) is 100 Å². The fourth-order valence-corrected chi connectivity index (χ4v) is 4.35. The Labute approximate surface area is 169 Å². The van der Waals surface area contributed by atoms with Crippen molar-refractivity contribution in [1.29, 1.82) is 0 Å². The molecule has 138 valence electrons. The van der Waals surface area contributed by atoms with Gasteiger partial charge in [-0.3, -0.25) is 0 Å².